The van der Waals surface area contributed by atoms with Crippen LogP contribution in [0.3, 0.4) is 0 Å². The molecule has 0 saturated carbocycles. The van der Waals surface area contributed by atoms with Gasteiger partial charge in [-0.2, -0.15) is 0 Å². The van der Waals surface area contributed by atoms with Crippen LogP contribution in [0, 0.1) is 11.6 Å². The molecule has 0 bridgehead atoms. The van der Waals surface area contributed by atoms with Crippen LogP contribution in [-0.4, -0.2) is 68.7 Å². The summed E-state index contributed by atoms with van der Waals surface area (Å²) in [6, 6.07) is 3.87. The van der Waals surface area contributed by atoms with E-state index in [0.717, 1.165) is 77.2 Å². The Kier molecular flexibility index (Phi) is 9.64. The highest BCUT2D eigenvalue weighted by molar-refractivity contribution is 5.79. The van der Waals surface area contributed by atoms with Gasteiger partial charge in [-0.3, -0.25) is 9.89 Å². The van der Waals surface area contributed by atoms with Crippen LogP contribution >= 0.6 is 0 Å². The van der Waals surface area contributed by atoms with E-state index in [1.165, 1.54) is 6.07 Å². The molecule has 7 heteroatoms. The van der Waals surface area contributed by atoms with Crippen molar-refractivity contribution < 1.29 is 13.5 Å². The molecule has 0 radical (unpaired) electrons. The first-order valence-electron chi connectivity index (χ1n) is 10.3. The third-order valence-corrected chi connectivity index (χ3v) is 5.18. The van der Waals surface area contributed by atoms with Gasteiger partial charge in [0.15, 0.2) is 5.96 Å². The standard InChI is InChI=1S/C21H34F2N4O/c1-4-20(18-9-8-17(22)16-19(18)23)26-11-13-27(14-12-26)21(24-3)25-10-6-7-15-28-5-2/h8-9,16,20H,4-7,10-15H2,1-3H3,(H,24,25). The van der Waals surface area contributed by atoms with Gasteiger partial charge in [-0.25, -0.2) is 8.78 Å². The quantitative estimate of drug-likeness (QED) is 0.394. The SMILES string of the molecule is CCOCCCCNC(=NC)N1CCN(C(CC)c2ccc(F)cc2F)CC1. The second kappa shape index (κ2) is 12.0. The largest absolute Gasteiger partial charge is 0.382 e. The second-order valence-electron chi connectivity index (χ2n) is 6.99. The maximum absolute atomic E-state index is 14.2. The van der Waals surface area contributed by atoms with E-state index in [4.69, 9.17) is 4.74 Å². The van der Waals surface area contributed by atoms with Crippen molar-refractivity contribution in [3.05, 3.63) is 35.4 Å². The average molecular weight is 397 g/mol. The topological polar surface area (TPSA) is 40.1 Å². The summed E-state index contributed by atoms with van der Waals surface area (Å²) in [6.45, 7) is 9.79. The van der Waals surface area contributed by atoms with Gasteiger partial charge < -0.3 is 15.0 Å². The van der Waals surface area contributed by atoms with Crippen molar-refractivity contribution in [2.45, 2.75) is 39.2 Å². The van der Waals surface area contributed by atoms with Crippen molar-refractivity contribution in [1.29, 1.82) is 0 Å². The molecule has 0 spiro atoms. The number of rotatable bonds is 9. The molecule has 0 aliphatic carbocycles. The normalized spacial score (nSPS) is 17.0. The molecule has 1 aromatic carbocycles. The number of halogens is 2. The molecular weight excluding hydrogens is 362 g/mol. The van der Waals surface area contributed by atoms with Gasteiger partial charge in [-0.15, -0.1) is 0 Å². The average Bonchev–Trinajstić information content (AvgIpc) is 2.70. The van der Waals surface area contributed by atoms with Crippen LogP contribution in [-0.2, 0) is 4.74 Å². The summed E-state index contributed by atoms with van der Waals surface area (Å²) in [6.07, 6.45) is 2.86. The van der Waals surface area contributed by atoms with Gasteiger partial charge in [0.05, 0.1) is 0 Å². The highest BCUT2D eigenvalue weighted by Gasteiger charge is 2.27. The van der Waals surface area contributed by atoms with Crippen LogP contribution in [0.5, 0.6) is 0 Å². The van der Waals surface area contributed by atoms with E-state index < -0.39 is 11.6 Å². The lowest BCUT2D eigenvalue weighted by molar-refractivity contribution is 0.124. The van der Waals surface area contributed by atoms with Crippen molar-refractivity contribution >= 4 is 5.96 Å². The van der Waals surface area contributed by atoms with Gasteiger partial charge in [-0.1, -0.05) is 13.0 Å². The minimum atomic E-state index is -0.531. The summed E-state index contributed by atoms with van der Waals surface area (Å²) in [5.41, 5.74) is 0.578. The summed E-state index contributed by atoms with van der Waals surface area (Å²) < 4.78 is 32.8. The smallest absolute Gasteiger partial charge is 0.193 e. The van der Waals surface area contributed by atoms with Crippen LogP contribution in [0.2, 0.25) is 0 Å². The monoisotopic (exact) mass is 396 g/mol. The Labute approximate surface area is 167 Å². The molecule has 28 heavy (non-hydrogen) atoms. The Morgan fingerprint density at radius 1 is 1.18 bits per heavy atom. The van der Waals surface area contributed by atoms with E-state index in [0.29, 0.717) is 5.56 Å². The van der Waals surface area contributed by atoms with E-state index in [2.05, 4.69) is 20.1 Å². The fraction of sp³-hybridized carbons (Fsp3) is 0.667. The molecule has 0 amide bonds. The molecule has 1 aliphatic rings. The number of piperazine rings is 1. The molecule has 1 aliphatic heterocycles. The fourth-order valence-electron chi connectivity index (χ4n) is 3.70. The van der Waals surface area contributed by atoms with Gasteiger partial charge in [0.1, 0.15) is 11.6 Å². The summed E-state index contributed by atoms with van der Waals surface area (Å²) in [4.78, 5) is 8.92. The van der Waals surface area contributed by atoms with E-state index in [1.807, 2.05) is 13.8 Å². The molecule has 1 N–H and O–H groups in total. The number of hydrogen-bond donors (Lipinski definition) is 1. The molecule has 1 saturated heterocycles. The highest BCUT2D eigenvalue weighted by Crippen LogP contribution is 2.28. The minimum absolute atomic E-state index is 0.0312. The zero-order chi connectivity index (χ0) is 20.4. The van der Waals surface area contributed by atoms with Crippen LogP contribution in [0.25, 0.3) is 0 Å². The van der Waals surface area contributed by atoms with Gasteiger partial charge in [0, 0.05) is 70.7 Å². The fourth-order valence-corrected chi connectivity index (χ4v) is 3.70. The lowest BCUT2D eigenvalue weighted by Crippen LogP contribution is -2.53. The van der Waals surface area contributed by atoms with Crippen molar-refractivity contribution in [2.75, 3.05) is 53.0 Å². The summed E-state index contributed by atoms with van der Waals surface area (Å²) in [5.74, 6) is -0.0760. The van der Waals surface area contributed by atoms with Crippen molar-refractivity contribution in [3.63, 3.8) is 0 Å². The molecule has 1 heterocycles. The third-order valence-electron chi connectivity index (χ3n) is 5.18. The third kappa shape index (κ3) is 6.41. The zero-order valence-corrected chi connectivity index (χ0v) is 17.4. The van der Waals surface area contributed by atoms with Gasteiger partial charge >= 0.3 is 0 Å². The number of nitrogens with one attached hydrogen (secondary N) is 1. The molecule has 1 fully saturated rings. The number of benzene rings is 1. The van der Waals surface area contributed by atoms with Crippen LogP contribution in [0.1, 0.15) is 44.7 Å². The lowest BCUT2D eigenvalue weighted by Gasteiger charge is -2.40. The molecule has 1 aromatic rings. The van der Waals surface area contributed by atoms with E-state index in [9.17, 15) is 8.78 Å². The number of unbranched alkanes of at least 4 members (excludes halogenated alkanes) is 1. The van der Waals surface area contributed by atoms with Gasteiger partial charge in [0.2, 0.25) is 0 Å². The number of aliphatic imine (C=N–C) groups is 1. The maximum Gasteiger partial charge on any atom is 0.193 e. The van der Waals surface area contributed by atoms with Gasteiger partial charge in [0.25, 0.3) is 0 Å². The molecule has 1 atom stereocenters. The maximum atomic E-state index is 14.2. The van der Waals surface area contributed by atoms with Crippen molar-refractivity contribution in [2.24, 2.45) is 4.99 Å². The second-order valence-corrected chi connectivity index (χ2v) is 6.99. The van der Waals surface area contributed by atoms with Crippen LogP contribution in [0.15, 0.2) is 23.2 Å². The minimum Gasteiger partial charge on any atom is -0.382 e. The number of nitrogens with zero attached hydrogens (tertiary/aromatic N) is 3. The van der Waals surface area contributed by atoms with E-state index >= 15 is 0 Å². The Morgan fingerprint density at radius 2 is 1.93 bits per heavy atom. The van der Waals surface area contributed by atoms with Crippen LogP contribution < -0.4 is 5.32 Å². The molecular formula is C21H34F2N4O. The first kappa shape index (κ1) is 22.6. The molecule has 5 nitrogen and oxygen atoms in total. The predicted octanol–water partition coefficient (Wildman–Crippen LogP) is 3.43. The number of ether oxygens (including phenoxy) is 1. The number of guanidine groups is 1. The van der Waals surface area contributed by atoms with E-state index in [-0.39, 0.29) is 6.04 Å². The highest BCUT2D eigenvalue weighted by atomic mass is 19.1. The lowest BCUT2D eigenvalue weighted by atomic mass is 10.0. The zero-order valence-electron chi connectivity index (χ0n) is 17.4. The van der Waals surface area contributed by atoms with Crippen LogP contribution in [0.4, 0.5) is 8.78 Å². The summed E-state index contributed by atoms with van der Waals surface area (Å²) in [7, 11) is 1.80. The molecule has 158 valence electrons. The first-order chi connectivity index (χ1) is 13.6. The Bertz CT molecular complexity index is 618. The van der Waals surface area contributed by atoms with Gasteiger partial charge in [-0.05, 0) is 32.3 Å². The summed E-state index contributed by atoms with van der Waals surface area (Å²) in [5, 5.41) is 3.42. The van der Waals surface area contributed by atoms with Crippen molar-refractivity contribution in [3.8, 4) is 0 Å². The Morgan fingerprint density at radius 3 is 2.54 bits per heavy atom. The Balaban J connectivity index is 1.84. The Hall–Kier alpha value is -1.73. The van der Waals surface area contributed by atoms with Crippen molar-refractivity contribution in [1.82, 2.24) is 15.1 Å². The summed E-state index contributed by atoms with van der Waals surface area (Å²) >= 11 is 0. The number of hydrogen-bond acceptors (Lipinski definition) is 3. The predicted molar refractivity (Wildman–Crippen MR) is 110 cm³/mol. The molecule has 1 unspecified atom stereocenters. The first-order valence-corrected chi connectivity index (χ1v) is 10.3. The van der Waals surface area contributed by atoms with E-state index in [1.54, 1.807) is 13.1 Å². The molecule has 0 aromatic heterocycles. The molecule has 2 rings (SSSR count).